The van der Waals surface area contributed by atoms with Gasteiger partial charge in [0.2, 0.25) is 0 Å². The van der Waals surface area contributed by atoms with Crippen LogP contribution in [-0.4, -0.2) is 53.7 Å². The first-order chi connectivity index (χ1) is 19.7. The van der Waals surface area contributed by atoms with E-state index >= 15 is 0 Å². The number of hydrogen-bond acceptors (Lipinski definition) is 8. The van der Waals surface area contributed by atoms with Gasteiger partial charge in [-0.15, -0.1) is 0 Å². The molecule has 0 radical (unpaired) electrons. The summed E-state index contributed by atoms with van der Waals surface area (Å²) in [6.07, 6.45) is -3.45. The number of pyridine rings is 1. The SMILES string of the molecule is CCOc1cc(C(Nc2ccc(C(=N)N)cc2)C(=O)NN(C)c2ccccn2)ccc1OC(C)C.O=C(O)C(F)(F)F. The third-order valence-corrected chi connectivity index (χ3v) is 5.25. The number of hydrazine groups is 1. The van der Waals surface area contributed by atoms with E-state index in [9.17, 15) is 18.0 Å². The van der Waals surface area contributed by atoms with Crippen molar-refractivity contribution in [2.75, 3.05) is 24.0 Å². The maximum atomic E-state index is 13.5. The van der Waals surface area contributed by atoms with Gasteiger partial charge < -0.3 is 25.6 Å². The van der Waals surface area contributed by atoms with E-state index in [-0.39, 0.29) is 17.8 Å². The van der Waals surface area contributed by atoms with Gasteiger partial charge in [0.1, 0.15) is 17.7 Å². The van der Waals surface area contributed by atoms with E-state index in [2.05, 4.69) is 15.7 Å². The fourth-order valence-corrected chi connectivity index (χ4v) is 3.38. The number of ether oxygens (including phenoxy) is 2. The summed E-state index contributed by atoms with van der Waals surface area (Å²) in [6, 6.07) is 17.2. The van der Waals surface area contributed by atoms with Crippen LogP contribution in [0.3, 0.4) is 0 Å². The minimum atomic E-state index is -5.08. The van der Waals surface area contributed by atoms with E-state index in [0.29, 0.717) is 40.7 Å². The van der Waals surface area contributed by atoms with Crippen LogP contribution in [-0.2, 0) is 9.59 Å². The van der Waals surface area contributed by atoms with Crippen LogP contribution in [0.15, 0.2) is 66.9 Å². The molecule has 0 aliphatic carbocycles. The zero-order valence-electron chi connectivity index (χ0n) is 23.4. The lowest BCUT2D eigenvalue weighted by Crippen LogP contribution is -2.44. The lowest BCUT2D eigenvalue weighted by molar-refractivity contribution is -0.192. The number of carbonyl (C=O) groups excluding carboxylic acids is 1. The number of anilines is 2. The number of carboxylic acids is 1. The summed E-state index contributed by atoms with van der Waals surface area (Å²) >= 11 is 0. The average molecular weight is 591 g/mol. The minimum absolute atomic E-state index is 0.0232. The number of alkyl halides is 3. The van der Waals surface area contributed by atoms with Gasteiger partial charge in [-0.2, -0.15) is 13.2 Å². The van der Waals surface area contributed by atoms with Crippen molar-refractivity contribution in [3.05, 3.63) is 78.0 Å². The van der Waals surface area contributed by atoms with Crippen molar-refractivity contribution in [2.24, 2.45) is 5.73 Å². The van der Waals surface area contributed by atoms with Crippen LogP contribution in [0.25, 0.3) is 0 Å². The zero-order chi connectivity index (χ0) is 31.4. The topological polar surface area (TPSA) is 163 Å². The second kappa shape index (κ2) is 15.1. The number of amidine groups is 1. The first-order valence-corrected chi connectivity index (χ1v) is 12.6. The Morgan fingerprint density at radius 1 is 1.10 bits per heavy atom. The Bertz CT molecular complexity index is 1340. The Morgan fingerprint density at radius 3 is 2.24 bits per heavy atom. The number of carbonyl (C=O) groups is 2. The minimum Gasteiger partial charge on any atom is -0.490 e. The number of carboxylic acid groups (broad SMARTS) is 1. The summed E-state index contributed by atoms with van der Waals surface area (Å²) in [5.41, 5.74) is 10.4. The smallest absolute Gasteiger partial charge is 0.490 e. The third-order valence-electron chi connectivity index (χ3n) is 5.25. The molecule has 226 valence electrons. The second-order valence-electron chi connectivity index (χ2n) is 8.90. The van der Waals surface area contributed by atoms with Crippen LogP contribution in [0.5, 0.6) is 11.5 Å². The lowest BCUT2D eigenvalue weighted by Gasteiger charge is -2.25. The summed E-state index contributed by atoms with van der Waals surface area (Å²) in [5, 5.41) is 19.6. The molecule has 0 aliphatic rings. The molecule has 1 atom stereocenters. The van der Waals surface area contributed by atoms with Gasteiger partial charge in [0.15, 0.2) is 11.5 Å². The Morgan fingerprint density at radius 2 is 1.74 bits per heavy atom. The molecule has 2 aromatic carbocycles. The number of hydrogen-bond donors (Lipinski definition) is 5. The molecule has 3 rings (SSSR count). The van der Waals surface area contributed by atoms with Gasteiger partial charge in [-0.1, -0.05) is 12.1 Å². The summed E-state index contributed by atoms with van der Waals surface area (Å²) < 4.78 is 43.4. The van der Waals surface area contributed by atoms with Gasteiger partial charge in [-0.25, -0.2) is 9.78 Å². The summed E-state index contributed by atoms with van der Waals surface area (Å²) in [4.78, 5) is 26.6. The molecule has 1 unspecified atom stereocenters. The predicted octanol–water partition coefficient (Wildman–Crippen LogP) is 4.51. The summed E-state index contributed by atoms with van der Waals surface area (Å²) in [5.74, 6) is -1.31. The van der Waals surface area contributed by atoms with Crippen molar-refractivity contribution < 1.29 is 37.3 Å². The van der Waals surface area contributed by atoms with Gasteiger partial charge in [-0.05, 0) is 74.9 Å². The fraction of sp³-hybridized carbons (Fsp3) is 0.286. The summed E-state index contributed by atoms with van der Waals surface area (Å²) in [6.45, 7) is 6.24. The Kier molecular flexibility index (Phi) is 11.9. The number of nitrogens with two attached hydrogens (primary N) is 1. The highest BCUT2D eigenvalue weighted by atomic mass is 19.4. The molecule has 1 amide bonds. The molecule has 6 N–H and O–H groups in total. The molecule has 0 fully saturated rings. The summed E-state index contributed by atoms with van der Waals surface area (Å²) in [7, 11) is 1.73. The van der Waals surface area contributed by atoms with Gasteiger partial charge in [-0.3, -0.25) is 20.6 Å². The number of rotatable bonds is 11. The first kappa shape index (κ1) is 33.2. The number of nitrogens with one attached hydrogen (secondary N) is 3. The molecule has 1 aromatic heterocycles. The fourth-order valence-electron chi connectivity index (χ4n) is 3.38. The van der Waals surface area contributed by atoms with E-state index < -0.39 is 18.2 Å². The number of benzene rings is 2. The van der Waals surface area contributed by atoms with Crippen molar-refractivity contribution in [3.63, 3.8) is 0 Å². The van der Waals surface area contributed by atoms with Gasteiger partial charge in [0.05, 0.1) is 12.7 Å². The normalized spacial score (nSPS) is 11.4. The second-order valence-corrected chi connectivity index (χ2v) is 8.90. The van der Waals surface area contributed by atoms with E-state index in [4.69, 9.17) is 30.5 Å². The van der Waals surface area contributed by atoms with Crippen LogP contribution in [0.1, 0.15) is 37.9 Å². The van der Waals surface area contributed by atoms with Crippen LogP contribution >= 0.6 is 0 Å². The van der Waals surface area contributed by atoms with Crippen LogP contribution < -0.4 is 31.0 Å². The molecule has 1 heterocycles. The first-order valence-electron chi connectivity index (χ1n) is 12.6. The zero-order valence-corrected chi connectivity index (χ0v) is 23.4. The monoisotopic (exact) mass is 590 g/mol. The van der Waals surface area contributed by atoms with E-state index in [1.807, 2.05) is 51.1 Å². The molecular formula is C28H33F3N6O5. The number of aromatic nitrogens is 1. The van der Waals surface area contributed by atoms with Crippen molar-refractivity contribution >= 4 is 29.2 Å². The number of nitrogen functional groups attached to an aromatic ring is 1. The van der Waals surface area contributed by atoms with Gasteiger partial charge in [0.25, 0.3) is 5.91 Å². The third kappa shape index (κ3) is 10.2. The molecule has 42 heavy (non-hydrogen) atoms. The Labute approximate surface area is 240 Å². The number of nitrogens with zero attached hydrogens (tertiary/aromatic N) is 2. The van der Waals surface area contributed by atoms with Crippen molar-refractivity contribution in [2.45, 2.75) is 39.1 Å². The van der Waals surface area contributed by atoms with Crippen LogP contribution in [0.4, 0.5) is 24.7 Å². The molecule has 11 nitrogen and oxygen atoms in total. The van der Waals surface area contributed by atoms with E-state index in [0.717, 1.165) is 0 Å². The van der Waals surface area contributed by atoms with Crippen LogP contribution in [0, 0.1) is 5.41 Å². The largest absolute Gasteiger partial charge is 0.490 e. The maximum absolute atomic E-state index is 13.5. The standard InChI is InChI=1S/C26H32N6O3.C2HF3O2/c1-5-34-22-16-19(11-14-21(22)35-17(2)3)24(30-20-12-9-18(10-13-20)25(27)28)26(33)31-32(4)23-8-6-7-15-29-23;3-2(4,5)1(6)7/h6-17,24,30H,5H2,1-4H3,(H3,27,28)(H,31,33);(H,6,7). The number of aliphatic carboxylic acids is 1. The maximum Gasteiger partial charge on any atom is 0.490 e. The molecule has 0 saturated heterocycles. The molecule has 0 bridgehead atoms. The van der Waals surface area contributed by atoms with Gasteiger partial charge >= 0.3 is 12.1 Å². The highest BCUT2D eigenvalue weighted by Gasteiger charge is 2.38. The van der Waals surface area contributed by atoms with E-state index in [1.165, 1.54) is 0 Å². The molecular weight excluding hydrogens is 557 g/mol. The van der Waals surface area contributed by atoms with E-state index in [1.54, 1.807) is 48.6 Å². The molecule has 3 aromatic rings. The van der Waals surface area contributed by atoms with Crippen molar-refractivity contribution in [1.29, 1.82) is 5.41 Å². The van der Waals surface area contributed by atoms with Crippen molar-refractivity contribution in [3.8, 4) is 11.5 Å². The lowest BCUT2D eigenvalue weighted by atomic mass is 10.0. The average Bonchev–Trinajstić information content (AvgIpc) is 2.93. The Balaban J connectivity index is 0.000000782. The molecule has 14 heteroatoms. The predicted molar refractivity (Wildman–Crippen MR) is 152 cm³/mol. The number of halogens is 3. The van der Waals surface area contributed by atoms with Gasteiger partial charge in [0, 0.05) is 24.5 Å². The molecule has 0 saturated carbocycles. The highest BCUT2D eigenvalue weighted by molar-refractivity contribution is 5.95. The quantitative estimate of drug-likeness (QED) is 0.123. The Hall–Kier alpha value is -5.01. The van der Waals surface area contributed by atoms with Crippen molar-refractivity contribution in [1.82, 2.24) is 10.4 Å². The molecule has 0 spiro atoms. The van der Waals surface area contributed by atoms with Crippen LogP contribution in [0.2, 0.25) is 0 Å². The number of amides is 1. The molecule has 0 aliphatic heterocycles. The highest BCUT2D eigenvalue weighted by Crippen LogP contribution is 2.33.